The van der Waals surface area contributed by atoms with E-state index in [-0.39, 0.29) is 31.1 Å². The second-order valence-electron chi connectivity index (χ2n) is 21.3. The minimum atomic E-state index is -0.773. The first-order chi connectivity index (χ1) is 36.5. The minimum absolute atomic E-state index is 0.0728. The number of allylic oxidation sites excluding steroid dienone is 12. The summed E-state index contributed by atoms with van der Waals surface area (Å²) in [6.07, 6.45) is 80.7. The number of hydrogen-bond donors (Lipinski definition) is 0. The van der Waals surface area contributed by atoms with Crippen LogP contribution in [0.15, 0.2) is 72.9 Å². The quantitative estimate of drug-likeness (QED) is 0.0261. The highest BCUT2D eigenvalue weighted by atomic mass is 16.6. The lowest BCUT2D eigenvalue weighted by molar-refractivity contribution is -0.167. The zero-order valence-corrected chi connectivity index (χ0v) is 49.1. The maximum Gasteiger partial charge on any atom is 0.306 e. The van der Waals surface area contributed by atoms with Crippen molar-refractivity contribution < 1.29 is 28.6 Å². The molecule has 428 valence electrons. The zero-order valence-electron chi connectivity index (χ0n) is 49.1. The van der Waals surface area contributed by atoms with E-state index in [9.17, 15) is 14.4 Å². The molecule has 0 amide bonds. The van der Waals surface area contributed by atoms with Crippen LogP contribution in [0.4, 0.5) is 0 Å². The summed E-state index contributed by atoms with van der Waals surface area (Å²) in [5.74, 6) is -0.868. The first-order valence-electron chi connectivity index (χ1n) is 31.9. The summed E-state index contributed by atoms with van der Waals surface area (Å²) in [6.45, 7) is 6.52. The van der Waals surface area contributed by atoms with E-state index in [1.54, 1.807) is 0 Å². The molecule has 1 unspecified atom stereocenters. The van der Waals surface area contributed by atoms with Crippen LogP contribution in [0.2, 0.25) is 0 Å². The summed E-state index contributed by atoms with van der Waals surface area (Å²) in [5, 5.41) is 0. The molecule has 0 aliphatic heterocycles. The van der Waals surface area contributed by atoms with Crippen LogP contribution in [-0.4, -0.2) is 37.2 Å². The molecule has 0 radical (unpaired) electrons. The van der Waals surface area contributed by atoms with E-state index >= 15 is 0 Å². The Morgan fingerprint density at radius 1 is 0.284 bits per heavy atom. The van der Waals surface area contributed by atoms with Gasteiger partial charge in [-0.15, -0.1) is 0 Å². The van der Waals surface area contributed by atoms with E-state index in [2.05, 4.69) is 93.7 Å². The molecule has 0 saturated carbocycles. The predicted molar refractivity (Wildman–Crippen MR) is 321 cm³/mol. The van der Waals surface area contributed by atoms with Gasteiger partial charge in [-0.3, -0.25) is 14.4 Å². The molecule has 0 aromatic carbocycles. The Hall–Kier alpha value is -3.15. The van der Waals surface area contributed by atoms with Crippen molar-refractivity contribution in [2.75, 3.05) is 13.2 Å². The number of rotatable bonds is 58. The highest BCUT2D eigenvalue weighted by Crippen LogP contribution is 2.17. The Morgan fingerprint density at radius 2 is 0.527 bits per heavy atom. The number of carbonyl (C=O) groups excluding carboxylic acids is 3. The molecule has 0 fully saturated rings. The first-order valence-corrected chi connectivity index (χ1v) is 31.9. The fraction of sp³-hybridized carbons (Fsp3) is 0.779. The summed E-state index contributed by atoms with van der Waals surface area (Å²) >= 11 is 0. The van der Waals surface area contributed by atoms with Crippen LogP contribution in [0.5, 0.6) is 0 Å². The highest BCUT2D eigenvalue weighted by molar-refractivity contribution is 5.71. The number of hydrogen-bond acceptors (Lipinski definition) is 6. The van der Waals surface area contributed by atoms with E-state index < -0.39 is 6.10 Å². The average Bonchev–Trinajstić information content (AvgIpc) is 3.40. The van der Waals surface area contributed by atoms with E-state index in [0.29, 0.717) is 19.3 Å². The third-order valence-electron chi connectivity index (χ3n) is 13.9. The Morgan fingerprint density at radius 3 is 0.838 bits per heavy atom. The normalized spacial score (nSPS) is 12.5. The van der Waals surface area contributed by atoms with Crippen molar-refractivity contribution in [2.24, 2.45) is 0 Å². The second-order valence-corrected chi connectivity index (χ2v) is 21.3. The molecule has 0 N–H and O–H groups in total. The van der Waals surface area contributed by atoms with Crippen molar-refractivity contribution in [3.8, 4) is 0 Å². The van der Waals surface area contributed by atoms with Gasteiger partial charge in [-0.1, -0.05) is 286 Å². The van der Waals surface area contributed by atoms with Gasteiger partial charge in [-0.05, 0) is 89.9 Å². The maximum absolute atomic E-state index is 12.8. The third-order valence-corrected chi connectivity index (χ3v) is 13.9. The molecular weight excluding hydrogens is 913 g/mol. The molecule has 0 aromatic heterocycles. The van der Waals surface area contributed by atoms with E-state index in [0.717, 1.165) is 89.9 Å². The van der Waals surface area contributed by atoms with Crippen molar-refractivity contribution in [2.45, 2.75) is 329 Å². The van der Waals surface area contributed by atoms with Gasteiger partial charge in [0.2, 0.25) is 0 Å². The van der Waals surface area contributed by atoms with Gasteiger partial charge in [0.15, 0.2) is 6.10 Å². The summed E-state index contributed by atoms with van der Waals surface area (Å²) < 4.78 is 16.9. The van der Waals surface area contributed by atoms with Gasteiger partial charge in [0.1, 0.15) is 13.2 Å². The van der Waals surface area contributed by atoms with E-state index in [1.165, 1.54) is 193 Å². The number of ether oxygens (including phenoxy) is 3. The lowest BCUT2D eigenvalue weighted by Crippen LogP contribution is -2.30. The summed E-state index contributed by atoms with van der Waals surface area (Å²) in [7, 11) is 0. The molecule has 0 rings (SSSR count). The van der Waals surface area contributed by atoms with Gasteiger partial charge in [0, 0.05) is 19.3 Å². The van der Waals surface area contributed by atoms with Crippen LogP contribution in [0.3, 0.4) is 0 Å². The van der Waals surface area contributed by atoms with Gasteiger partial charge in [-0.25, -0.2) is 0 Å². The standard InChI is InChI=1S/C68H120O6/c1-4-7-10-13-16-19-21-23-25-27-28-29-30-31-32-33-34-35-36-37-38-39-40-42-43-45-47-49-52-55-58-61-67(70)73-64-65(63-72-66(69)60-57-54-51-18-15-12-9-6-3)74-68(71)62-59-56-53-50-48-46-44-41-26-24-22-20-17-14-11-8-5-2/h7,10,16,19,23-26,28-29,31-32,65H,4-6,8-9,11-15,17-18,20-22,27,30,33-64H2,1-3H3/b10-7-,19-16-,25-23-,26-24-,29-28-,32-31-. The minimum Gasteiger partial charge on any atom is -0.462 e. The number of carbonyl (C=O) groups is 3. The smallest absolute Gasteiger partial charge is 0.306 e. The lowest BCUT2D eigenvalue weighted by atomic mass is 10.0. The molecule has 0 bridgehead atoms. The Labute approximate surface area is 459 Å². The summed E-state index contributed by atoms with van der Waals surface area (Å²) in [4.78, 5) is 38.1. The summed E-state index contributed by atoms with van der Waals surface area (Å²) in [5.41, 5.74) is 0. The molecule has 0 saturated heterocycles. The summed E-state index contributed by atoms with van der Waals surface area (Å²) in [6, 6.07) is 0. The highest BCUT2D eigenvalue weighted by Gasteiger charge is 2.19. The van der Waals surface area contributed by atoms with Gasteiger partial charge in [-0.2, -0.15) is 0 Å². The molecule has 0 aromatic rings. The molecule has 0 aliphatic carbocycles. The molecular formula is C68H120O6. The van der Waals surface area contributed by atoms with Crippen molar-refractivity contribution in [1.29, 1.82) is 0 Å². The molecule has 6 heteroatoms. The van der Waals surface area contributed by atoms with Crippen LogP contribution < -0.4 is 0 Å². The van der Waals surface area contributed by atoms with Crippen molar-refractivity contribution in [3.05, 3.63) is 72.9 Å². The maximum atomic E-state index is 12.8. The first kappa shape index (κ1) is 70.8. The van der Waals surface area contributed by atoms with Crippen LogP contribution in [0.25, 0.3) is 0 Å². The largest absolute Gasteiger partial charge is 0.462 e. The van der Waals surface area contributed by atoms with Crippen molar-refractivity contribution in [3.63, 3.8) is 0 Å². The molecule has 0 spiro atoms. The number of esters is 3. The van der Waals surface area contributed by atoms with Gasteiger partial charge in [0.25, 0.3) is 0 Å². The Balaban J connectivity index is 4.09. The van der Waals surface area contributed by atoms with Crippen molar-refractivity contribution in [1.82, 2.24) is 0 Å². The average molecular weight is 1030 g/mol. The molecule has 74 heavy (non-hydrogen) atoms. The monoisotopic (exact) mass is 1030 g/mol. The molecule has 0 heterocycles. The Bertz CT molecular complexity index is 1370. The van der Waals surface area contributed by atoms with Crippen LogP contribution in [0, 0.1) is 0 Å². The predicted octanol–water partition coefficient (Wildman–Crippen LogP) is 21.7. The lowest BCUT2D eigenvalue weighted by Gasteiger charge is -2.18. The Kier molecular flexibility index (Phi) is 59.7. The van der Waals surface area contributed by atoms with E-state index in [1.807, 2.05) is 0 Å². The SMILES string of the molecule is CC/C=C\C/C=C\C/C=C\C/C=C\C/C=C\CCCCCCCCCCCCCCCCCC(=O)OCC(COC(=O)CCCCCCCCCC)OC(=O)CCCCCCCCC/C=C\CCCCCCCC. The van der Waals surface area contributed by atoms with Gasteiger partial charge >= 0.3 is 17.9 Å². The van der Waals surface area contributed by atoms with E-state index in [4.69, 9.17) is 14.2 Å². The van der Waals surface area contributed by atoms with Gasteiger partial charge in [0.05, 0.1) is 0 Å². The van der Waals surface area contributed by atoms with Crippen LogP contribution in [-0.2, 0) is 28.6 Å². The fourth-order valence-corrected chi connectivity index (χ4v) is 9.17. The second kappa shape index (κ2) is 62.4. The molecule has 6 nitrogen and oxygen atoms in total. The third kappa shape index (κ3) is 59.7. The topological polar surface area (TPSA) is 78.9 Å². The van der Waals surface area contributed by atoms with Crippen molar-refractivity contribution >= 4 is 17.9 Å². The fourth-order valence-electron chi connectivity index (χ4n) is 9.17. The van der Waals surface area contributed by atoms with Crippen LogP contribution in [0.1, 0.15) is 323 Å². The molecule has 0 aliphatic rings. The molecule has 1 atom stereocenters. The zero-order chi connectivity index (χ0) is 53.6. The van der Waals surface area contributed by atoms with Gasteiger partial charge < -0.3 is 14.2 Å². The van der Waals surface area contributed by atoms with Crippen LogP contribution >= 0.6 is 0 Å². The number of unbranched alkanes of at least 4 members (excludes halogenated alkanes) is 35.